The Hall–Kier alpha value is -2.76. The summed E-state index contributed by atoms with van der Waals surface area (Å²) in [4.78, 5) is 10.3. The summed E-state index contributed by atoms with van der Waals surface area (Å²) in [5, 5.41) is 6.84. The van der Waals surface area contributed by atoms with E-state index >= 15 is 0 Å². The van der Waals surface area contributed by atoms with Gasteiger partial charge < -0.3 is 4.42 Å². The van der Waals surface area contributed by atoms with Crippen molar-refractivity contribution < 1.29 is 4.42 Å². The molecule has 6 aromatic rings. The van der Waals surface area contributed by atoms with Crippen molar-refractivity contribution in [3.63, 3.8) is 0 Å². The number of fused-ring (bicyclic) bond motifs is 5. The van der Waals surface area contributed by atoms with Gasteiger partial charge >= 0.3 is 0 Å². The summed E-state index contributed by atoms with van der Waals surface area (Å²) in [5.74, 6) is 0. The van der Waals surface area contributed by atoms with Crippen molar-refractivity contribution in [1.29, 1.82) is 0 Å². The van der Waals surface area contributed by atoms with Crippen LogP contribution in [-0.2, 0) is 5.41 Å². The second kappa shape index (κ2) is 5.88. The van der Waals surface area contributed by atoms with E-state index < -0.39 is 0 Å². The van der Waals surface area contributed by atoms with Crippen LogP contribution in [0.3, 0.4) is 0 Å². The molecule has 3 nitrogen and oxygen atoms in total. The first-order valence-corrected chi connectivity index (χ1v) is 11.3. The van der Waals surface area contributed by atoms with Crippen molar-refractivity contribution in [3.8, 4) is 11.3 Å². The van der Waals surface area contributed by atoms with Crippen LogP contribution in [0.5, 0.6) is 0 Å². The van der Waals surface area contributed by atoms with Gasteiger partial charge in [-0.3, -0.25) is 0 Å². The van der Waals surface area contributed by atoms with E-state index in [4.69, 9.17) is 9.40 Å². The van der Waals surface area contributed by atoms with Gasteiger partial charge in [0, 0.05) is 31.1 Å². The molecule has 0 bridgehead atoms. The molecule has 0 fully saturated rings. The Bertz CT molecular complexity index is 1550. The molecule has 6 rings (SSSR count). The minimum atomic E-state index is 0.0578. The van der Waals surface area contributed by atoms with E-state index in [1.807, 2.05) is 17.4 Å². The van der Waals surface area contributed by atoms with Crippen molar-refractivity contribution >= 4 is 64.0 Å². The molecule has 4 aromatic heterocycles. The molecular weight excluding hydrogens is 396 g/mol. The summed E-state index contributed by atoms with van der Waals surface area (Å²) in [6, 6.07) is 13.1. The van der Waals surface area contributed by atoms with Crippen LogP contribution in [0.15, 0.2) is 58.8 Å². The Balaban J connectivity index is 1.72. The molecule has 0 saturated heterocycles. The Labute approximate surface area is 175 Å². The van der Waals surface area contributed by atoms with E-state index in [1.54, 1.807) is 23.9 Å². The van der Waals surface area contributed by atoms with Crippen molar-refractivity contribution in [2.24, 2.45) is 0 Å². The summed E-state index contributed by atoms with van der Waals surface area (Å²) >= 11 is 3.52. The molecule has 0 aliphatic rings. The lowest BCUT2D eigenvalue weighted by molar-refractivity contribution is 0.597. The van der Waals surface area contributed by atoms with E-state index in [-0.39, 0.29) is 5.41 Å². The SMILES string of the molecule is CC(C)(C)c1cc(-c2ncnc3sc4cc5ccoc5cc4c23)cc2ccsc12. The average Bonchev–Trinajstić information content (AvgIpc) is 3.41. The molecule has 0 unspecified atom stereocenters. The topological polar surface area (TPSA) is 38.9 Å². The van der Waals surface area contributed by atoms with Crippen molar-refractivity contribution in [2.75, 3.05) is 0 Å². The zero-order valence-corrected chi connectivity index (χ0v) is 17.9. The average molecular weight is 415 g/mol. The molecule has 2 aromatic carbocycles. The molecule has 29 heavy (non-hydrogen) atoms. The van der Waals surface area contributed by atoms with E-state index in [2.05, 4.69) is 61.5 Å². The third-order valence-corrected chi connectivity index (χ3v) is 7.50. The number of rotatable bonds is 1. The molecule has 142 valence electrons. The number of furan rings is 1. The third-order valence-electron chi connectivity index (χ3n) is 5.48. The van der Waals surface area contributed by atoms with Crippen LogP contribution < -0.4 is 0 Å². The summed E-state index contributed by atoms with van der Waals surface area (Å²) < 4.78 is 8.24. The molecule has 0 spiro atoms. The first-order valence-electron chi connectivity index (χ1n) is 9.55. The van der Waals surface area contributed by atoms with E-state index in [9.17, 15) is 0 Å². The highest BCUT2D eigenvalue weighted by Crippen LogP contribution is 2.42. The fourth-order valence-electron chi connectivity index (χ4n) is 4.06. The highest BCUT2D eigenvalue weighted by Gasteiger charge is 2.21. The number of hydrogen-bond acceptors (Lipinski definition) is 5. The first kappa shape index (κ1) is 17.1. The highest BCUT2D eigenvalue weighted by atomic mass is 32.1. The highest BCUT2D eigenvalue weighted by molar-refractivity contribution is 7.25. The van der Waals surface area contributed by atoms with Gasteiger partial charge in [0.15, 0.2) is 0 Å². The Morgan fingerprint density at radius 2 is 1.86 bits per heavy atom. The molecule has 0 saturated carbocycles. The summed E-state index contributed by atoms with van der Waals surface area (Å²) in [6.07, 6.45) is 3.43. The van der Waals surface area contributed by atoms with Gasteiger partial charge in [-0.2, -0.15) is 0 Å². The molecule has 0 atom stereocenters. The van der Waals surface area contributed by atoms with Crippen molar-refractivity contribution in [2.45, 2.75) is 26.2 Å². The molecule has 0 aliphatic carbocycles. The van der Waals surface area contributed by atoms with Gasteiger partial charge in [-0.25, -0.2) is 9.97 Å². The molecule has 0 radical (unpaired) electrons. The third kappa shape index (κ3) is 2.54. The van der Waals surface area contributed by atoms with Gasteiger partial charge in [0.25, 0.3) is 0 Å². The van der Waals surface area contributed by atoms with Gasteiger partial charge in [0.05, 0.1) is 12.0 Å². The zero-order chi connectivity index (χ0) is 19.8. The number of aromatic nitrogens is 2. The van der Waals surface area contributed by atoms with Crippen LogP contribution in [0, 0.1) is 0 Å². The number of thiophene rings is 2. The predicted molar refractivity (Wildman–Crippen MR) is 124 cm³/mol. The Kier molecular flexibility index (Phi) is 3.47. The van der Waals surface area contributed by atoms with Gasteiger partial charge in [0.2, 0.25) is 0 Å². The molecule has 0 aliphatic heterocycles. The lowest BCUT2D eigenvalue weighted by atomic mass is 9.85. The Morgan fingerprint density at radius 1 is 0.966 bits per heavy atom. The standard InChI is InChI=1S/C24H18N2OS2/c1-24(2,3)17-9-15(8-14-5-7-28-22(14)17)21-20-16-11-18-13(4-6-27-18)10-19(16)29-23(20)26-12-25-21/h4-12H,1-3H3. The normalized spacial score (nSPS) is 12.7. The molecule has 0 amide bonds. The molecule has 0 N–H and O–H groups in total. The zero-order valence-electron chi connectivity index (χ0n) is 16.3. The van der Waals surface area contributed by atoms with Crippen LogP contribution in [0.1, 0.15) is 26.3 Å². The van der Waals surface area contributed by atoms with Gasteiger partial charge in [0.1, 0.15) is 16.7 Å². The maximum Gasteiger partial charge on any atom is 0.134 e. The van der Waals surface area contributed by atoms with E-state index in [0.29, 0.717) is 0 Å². The summed E-state index contributed by atoms with van der Waals surface area (Å²) in [6.45, 7) is 6.82. The first-order chi connectivity index (χ1) is 14.0. The fraction of sp³-hybridized carbons (Fsp3) is 0.167. The number of nitrogens with zero attached hydrogens (tertiary/aromatic N) is 2. The number of benzene rings is 2. The van der Waals surface area contributed by atoms with Gasteiger partial charge in [-0.05, 0) is 58.1 Å². The number of hydrogen-bond donors (Lipinski definition) is 0. The van der Waals surface area contributed by atoms with Crippen LogP contribution in [0.4, 0.5) is 0 Å². The van der Waals surface area contributed by atoms with E-state index in [0.717, 1.165) is 37.8 Å². The van der Waals surface area contributed by atoms with Gasteiger partial charge in [-0.15, -0.1) is 22.7 Å². The van der Waals surface area contributed by atoms with Crippen molar-refractivity contribution in [1.82, 2.24) is 9.97 Å². The summed E-state index contributed by atoms with van der Waals surface area (Å²) in [7, 11) is 0. The minimum Gasteiger partial charge on any atom is -0.464 e. The van der Waals surface area contributed by atoms with Gasteiger partial charge in [-0.1, -0.05) is 20.8 Å². The maximum atomic E-state index is 5.67. The lowest BCUT2D eigenvalue weighted by Gasteiger charge is -2.21. The molecular formula is C24H18N2OS2. The van der Waals surface area contributed by atoms with Crippen LogP contribution in [0.2, 0.25) is 0 Å². The smallest absolute Gasteiger partial charge is 0.134 e. The quantitative estimate of drug-likeness (QED) is 0.276. The van der Waals surface area contributed by atoms with Crippen LogP contribution in [0.25, 0.3) is 52.6 Å². The molecule has 4 heterocycles. The summed E-state index contributed by atoms with van der Waals surface area (Å²) in [5.41, 5.74) is 4.45. The minimum absolute atomic E-state index is 0.0578. The van der Waals surface area contributed by atoms with Crippen LogP contribution in [-0.4, -0.2) is 9.97 Å². The molecule has 5 heteroatoms. The largest absolute Gasteiger partial charge is 0.464 e. The van der Waals surface area contributed by atoms with E-state index in [1.165, 1.54) is 20.3 Å². The second-order valence-electron chi connectivity index (χ2n) is 8.42. The van der Waals surface area contributed by atoms with Crippen LogP contribution >= 0.6 is 22.7 Å². The maximum absolute atomic E-state index is 5.67. The monoisotopic (exact) mass is 414 g/mol. The van der Waals surface area contributed by atoms with Crippen molar-refractivity contribution in [3.05, 3.63) is 59.9 Å². The predicted octanol–water partition coefficient (Wildman–Crippen LogP) is 7.77. The fourth-order valence-corrected chi connectivity index (χ4v) is 6.24. The Morgan fingerprint density at radius 3 is 2.72 bits per heavy atom. The second-order valence-corrected chi connectivity index (χ2v) is 10.4. The lowest BCUT2D eigenvalue weighted by Crippen LogP contribution is -2.11.